The van der Waals surface area contributed by atoms with Crippen molar-refractivity contribution < 1.29 is 14.3 Å². The Labute approximate surface area is 95.4 Å². The van der Waals surface area contributed by atoms with Crippen LogP contribution in [0.25, 0.3) is 0 Å². The Hall–Kier alpha value is -1.52. The third-order valence-corrected chi connectivity index (χ3v) is 1.89. The second-order valence-electron chi connectivity index (χ2n) is 4.70. The van der Waals surface area contributed by atoms with Crippen LogP contribution in [0.15, 0.2) is 11.9 Å². The highest BCUT2D eigenvalue weighted by atomic mass is 16.6. The first-order chi connectivity index (χ1) is 7.29. The van der Waals surface area contributed by atoms with E-state index in [0.29, 0.717) is 18.9 Å². The van der Waals surface area contributed by atoms with Crippen molar-refractivity contribution in [3.8, 4) is 0 Å². The molecule has 0 aromatic heterocycles. The van der Waals surface area contributed by atoms with Gasteiger partial charge in [-0.2, -0.15) is 0 Å². The maximum atomic E-state index is 11.8. The first-order valence-corrected chi connectivity index (χ1v) is 5.26. The van der Waals surface area contributed by atoms with Crippen molar-refractivity contribution in [2.45, 2.75) is 33.3 Å². The van der Waals surface area contributed by atoms with Gasteiger partial charge in [0.1, 0.15) is 11.4 Å². The van der Waals surface area contributed by atoms with Crippen molar-refractivity contribution in [3.63, 3.8) is 0 Å². The number of nitrogens with one attached hydrogen (secondary N) is 1. The van der Waals surface area contributed by atoms with Gasteiger partial charge in [-0.15, -0.1) is 0 Å². The van der Waals surface area contributed by atoms with Crippen molar-refractivity contribution in [2.24, 2.45) is 0 Å². The van der Waals surface area contributed by atoms with Crippen LogP contribution in [-0.2, 0) is 9.53 Å². The number of hydrogen-bond acceptors (Lipinski definition) is 4. The van der Waals surface area contributed by atoms with Gasteiger partial charge in [-0.05, 0) is 27.7 Å². The molecule has 1 amide bonds. The highest BCUT2D eigenvalue weighted by molar-refractivity contribution is 5.88. The highest BCUT2D eigenvalue weighted by Crippen LogP contribution is 2.14. The second-order valence-corrected chi connectivity index (χ2v) is 4.70. The lowest BCUT2D eigenvalue weighted by atomic mass is 10.2. The van der Waals surface area contributed by atoms with Gasteiger partial charge in [-0.3, -0.25) is 9.69 Å². The van der Waals surface area contributed by atoms with Crippen molar-refractivity contribution in [1.29, 1.82) is 0 Å². The molecule has 0 aliphatic carbocycles. The fraction of sp³-hybridized carbons (Fsp3) is 0.636. The molecule has 5 nitrogen and oxygen atoms in total. The molecule has 1 saturated heterocycles. The van der Waals surface area contributed by atoms with Crippen molar-refractivity contribution in [3.05, 3.63) is 11.9 Å². The molecule has 0 aromatic rings. The summed E-state index contributed by atoms with van der Waals surface area (Å²) in [6, 6.07) is 0. The predicted molar refractivity (Wildman–Crippen MR) is 59.7 cm³/mol. The standard InChI is InChI=1S/C11H18N2O3/c1-8(14)7-9-12-5-6-13(9)10(15)16-11(2,3)4/h7,12H,5-6H2,1-4H3/b9-7-. The van der Waals surface area contributed by atoms with Gasteiger partial charge < -0.3 is 10.1 Å². The van der Waals surface area contributed by atoms with Gasteiger partial charge in [-0.25, -0.2) is 4.79 Å². The highest BCUT2D eigenvalue weighted by Gasteiger charge is 2.28. The maximum Gasteiger partial charge on any atom is 0.416 e. The van der Waals surface area contributed by atoms with Gasteiger partial charge in [0, 0.05) is 19.2 Å². The van der Waals surface area contributed by atoms with Crippen LogP contribution in [-0.4, -0.2) is 35.5 Å². The molecule has 1 aliphatic rings. The topological polar surface area (TPSA) is 58.6 Å². The number of carbonyl (C=O) groups is 2. The van der Waals surface area contributed by atoms with Crippen LogP contribution >= 0.6 is 0 Å². The lowest BCUT2D eigenvalue weighted by Gasteiger charge is -2.24. The lowest BCUT2D eigenvalue weighted by Crippen LogP contribution is -2.35. The summed E-state index contributed by atoms with van der Waals surface area (Å²) in [6.45, 7) is 8.03. The van der Waals surface area contributed by atoms with Gasteiger partial charge in [0.05, 0.1) is 0 Å². The Morgan fingerprint density at radius 3 is 2.56 bits per heavy atom. The van der Waals surface area contributed by atoms with E-state index in [0.717, 1.165) is 0 Å². The molecule has 0 saturated carbocycles. The van der Waals surface area contributed by atoms with Gasteiger partial charge in [0.15, 0.2) is 5.78 Å². The number of nitrogens with zero attached hydrogens (tertiary/aromatic N) is 1. The van der Waals surface area contributed by atoms with E-state index in [2.05, 4.69) is 5.32 Å². The summed E-state index contributed by atoms with van der Waals surface area (Å²) in [5.74, 6) is 0.416. The zero-order valence-corrected chi connectivity index (χ0v) is 10.2. The number of ether oxygens (including phenoxy) is 1. The third-order valence-electron chi connectivity index (χ3n) is 1.89. The van der Waals surface area contributed by atoms with Crippen molar-refractivity contribution in [2.75, 3.05) is 13.1 Å². The van der Waals surface area contributed by atoms with E-state index in [1.54, 1.807) is 0 Å². The van der Waals surface area contributed by atoms with Crippen LogP contribution in [0.5, 0.6) is 0 Å². The number of rotatable bonds is 1. The fourth-order valence-electron chi connectivity index (χ4n) is 1.34. The molecule has 0 aromatic carbocycles. The SMILES string of the molecule is CC(=O)/C=C1/NCCN1C(=O)OC(C)(C)C. The average molecular weight is 226 g/mol. The monoisotopic (exact) mass is 226 g/mol. The van der Waals surface area contributed by atoms with Crippen LogP contribution < -0.4 is 5.32 Å². The predicted octanol–water partition coefficient (Wildman–Crippen LogP) is 1.26. The minimum Gasteiger partial charge on any atom is -0.443 e. The molecule has 1 aliphatic heterocycles. The van der Waals surface area contributed by atoms with Crippen LogP contribution in [0.3, 0.4) is 0 Å². The Morgan fingerprint density at radius 2 is 2.06 bits per heavy atom. The number of amides is 1. The summed E-state index contributed by atoms with van der Waals surface area (Å²) < 4.78 is 5.23. The van der Waals surface area contributed by atoms with Gasteiger partial charge in [-0.1, -0.05) is 0 Å². The summed E-state index contributed by atoms with van der Waals surface area (Å²) in [6.07, 6.45) is 0.974. The summed E-state index contributed by atoms with van der Waals surface area (Å²) in [4.78, 5) is 24.2. The quantitative estimate of drug-likeness (QED) is 0.684. The average Bonchev–Trinajstić information content (AvgIpc) is 2.47. The van der Waals surface area contributed by atoms with E-state index in [1.165, 1.54) is 17.9 Å². The molecule has 0 bridgehead atoms. The van der Waals surface area contributed by atoms with E-state index in [4.69, 9.17) is 4.74 Å². The third kappa shape index (κ3) is 3.56. The molecule has 1 heterocycles. The Morgan fingerprint density at radius 1 is 1.44 bits per heavy atom. The molecule has 0 unspecified atom stereocenters. The van der Waals surface area contributed by atoms with Crippen LogP contribution in [0.1, 0.15) is 27.7 Å². The lowest BCUT2D eigenvalue weighted by molar-refractivity contribution is -0.112. The number of carbonyl (C=O) groups excluding carboxylic acids is 2. The van der Waals surface area contributed by atoms with Crippen LogP contribution in [0, 0.1) is 0 Å². The van der Waals surface area contributed by atoms with E-state index in [1.807, 2.05) is 20.8 Å². The first kappa shape index (κ1) is 12.5. The maximum absolute atomic E-state index is 11.8. The van der Waals surface area contributed by atoms with E-state index in [-0.39, 0.29) is 5.78 Å². The summed E-state index contributed by atoms with van der Waals surface area (Å²) in [5, 5.41) is 2.97. The Bertz CT molecular complexity index is 329. The first-order valence-electron chi connectivity index (χ1n) is 5.26. The minimum atomic E-state index is -0.527. The van der Waals surface area contributed by atoms with E-state index < -0.39 is 11.7 Å². The smallest absolute Gasteiger partial charge is 0.416 e. The molecule has 1 fully saturated rings. The summed E-state index contributed by atoms with van der Waals surface area (Å²) in [5.41, 5.74) is -0.527. The van der Waals surface area contributed by atoms with Crippen molar-refractivity contribution >= 4 is 11.9 Å². The summed E-state index contributed by atoms with van der Waals surface area (Å²) in [7, 11) is 0. The molecule has 0 atom stereocenters. The zero-order valence-electron chi connectivity index (χ0n) is 10.2. The molecular weight excluding hydrogens is 208 g/mol. The zero-order chi connectivity index (χ0) is 12.3. The number of ketones is 1. The fourth-order valence-corrected chi connectivity index (χ4v) is 1.34. The molecule has 1 N–H and O–H groups in total. The van der Waals surface area contributed by atoms with E-state index in [9.17, 15) is 9.59 Å². The number of allylic oxidation sites excluding steroid dienone is 1. The molecule has 90 valence electrons. The van der Waals surface area contributed by atoms with Gasteiger partial charge in [0.2, 0.25) is 0 Å². The largest absolute Gasteiger partial charge is 0.443 e. The Balaban J connectivity index is 2.72. The number of hydrogen-bond donors (Lipinski definition) is 1. The van der Waals surface area contributed by atoms with Crippen LogP contribution in [0.2, 0.25) is 0 Å². The molecule has 0 spiro atoms. The molecule has 0 radical (unpaired) electrons. The normalized spacial score (nSPS) is 18.5. The second kappa shape index (κ2) is 4.55. The van der Waals surface area contributed by atoms with Gasteiger partial charge >= 0.3 is 6.09 Å². The molecule has 16 heavy (non-hydrogen) atoms. The molecular formula is C11H18N2O3. The Kier molecular flexibility index (Phi) is 3.57. The summed E-state index contributed by atoms with van der Waals surface area (Å²) >= 11 is 0. The van der Waals surface area contributed by atoms with E-state index >= 15 is 0 Å². The minimum absolute atomic E-state index is 0.0991. The van der Waals surface area contributed by atoms with Crippen LogP contribution in [0.4, 0.5) is 4.79 Å². The molecule has 5 heteroatoms. The van der Waals surface area contributed by atoms with Gasteiger partial charge in [0.25, 0.3) is 0 Å². The van der Waals surface area contributed by atoms with Crippen molar-refractivity contribution in [1.82, 2.24) is 10.2 Å². The molecule has 1 rings (SSSR count).